The third-order valence-electron chi connectivity index (χ3n) is 3.30. The van der Waals surface area contributed by atoms with Crippen molar-refractivity contribution in [2.75, 3.05) is 25.4 Å². The van der Waals surface area contributed by atoms with Crippen LogP contribution in [0.15, 0.2) is 23.1 Å². The van der Waals surface area contributed by atoms with E-state index >= 15 is 0 Å². The van der Waals surface area contributed by atoms with Gasteiger partial charge in [0.25, 0.3) is 5.91 Å². The van der Waals surface area contributed by atoms with E-state index in [2.05, 4.69) is 0 Å². The van der Waals surface area contributed by atoms with Gasteiger partial charge in [0.15, 0.2) is 0 Å². The fourth-order valence-corrected chi connectivity index (χ4v) is 3.29. The fourth-order valence-electron chi connectivity index (χ4n) is 2.34. The molecular formula is C15H18ClNO4S. The van der Waals surface area contributed by atoms with E-state index in [4.69, 9.17) is 21.4 Å². The molecule has 0 bridgehead atoms. The van der Waals surface area contributed by atoms with Gasteiger partial charge in [-0.05, 0) is 24.0 Å². The second-order valence-electron chi connectivity index (χ2n) is 4.92. The highest BCUT2D eigenvalue weighted by Gasteiger charge is 2.27. The van der Waals surface area contributed by atoms with Crippen LogP contribution in [-0.2, 0) is 9.53 Å². The molecule has 0 spiro atoms. The first-order chi connectivity index (χ1) is 10.5. The molecule has 1 aromatic carbocycles. The number of rotatable bonds is 5. The molecule has 1 heterocycles. The van der Waals surface area contributed by atoms with Gasteiger partial charge < -0.3 is 14.7 Å². The maximum atomic E-state index is 12.7. The molecule has 1 aromatic rings. The van der Waals surface area contributed by atoms with Crippen molar-refractivity contribution < 1.29 is 19.4 Å². The van der Waals surface area contributed by atoms with Gasteiger partial charge in [-0.15, -0.1) is 11.8 Å². The van der Waals surface area contributed by atoms with Gasteiger partial charge in [-0.1, -0.05) is 18.5 Å². The van der Waals surface area contributed by atoms with Crippen LogP contribution < -0.4 is 0 Å². The number of halogens is 1. The average Bonchev–Trinajstić information content (AvgIpc) is 2.48. The minimum Gasteiger partial charge on any atom is -0.481 e. The second-order valence-corrected chi connectivity index (χ2v) is 6.66. The number of carbonyl (C=O) groups is 2. The molecule has 1 fully saturated rings. The van der Waals surface area contributed by atoms with Crippen LogP contribution in [0.1, 0.15) is 23.7 Å². The third-order valence-corrected chi connectivity index (χ3v) is 4.49. The summed E-state index contributed by atoms with van der Waals surface area (Å²) in [5.41, 5.74) is 0.565. The van der Waals surface area contributed by atoms with Crippen LogP contribution in [0, 0.1) is 0 Å². The molecule has 1 atom stereocenters. The molecule has 0 radical (unpaired) electrons. The van der Waals surface area contributed by atoms with E-state index in [1.807, 2.05) is 13.0 Å². The van der Waals surface area contributed by atoms with E-state index in [1.54, 1.807) is 28.8 Å². The van der Waals surface area contributed by atoms with Crippen LogP contribution in [0.25, 0.3) is 0 Å². The van der Waals surface area contributed by atoms with Crippen molar-refractivity contribution in [3.63, 3.8) is 0 Å². The maximum Gasteiger partial charge on any atom is 0.306 e. The SMILES string of the molecule is CCSc1ccc(Cl)cc1C(=O)N1CCOC(CC(=O)O)C1. The van der Waals surface area contributed by atoms with Crippen LogP contribution in [0.4, 0.5) is 0 Å². The predicted octanol–water partition coefficient (Wildman–Crippen LogP) is 2.77. The fraction of sp³-hybridized carbons (Fsp3) is 0.467. The van der Waals surface area contributed by atoms with Gasteiger partial charge in [-0.3, -0.25) is 9.59 Å². The number of nitrogens with zero attached hydrogens (tertiary/aromatic N) is 1. The monoisotopic (exact) mass is 343 g/mol. The first-order valence-corrected chi connectivity index (χ1v) is 8.42. The van der Waals surface area contributed by atoms with E-state index in [0.717, 1.165) is 10.6 Å². The smallest absolute Gasteiger partial charge is 0.306 e. The summed E-state index contributed by atoms with van der Waals surface area (Å²) in [6, 6.07) is 5.28. The Bertz CT molecular complexity index is 566. The van der Waals surface area contributed by atoms with E-state index in [9.17, 15) is 9.59 Å². The quantitative estimate of drug-likeness (QED) is 0.833. The molecule has 1 unspecified atom stereocenters. The van der Waals surface area contributed by atoms with E-state index in [1.165, 1.54) is 0 Å². The average molecular weight is 344 g/mol. The van der Waals surface area contributed by atoms with Gasteiger partial charge >= 0.3 is 5.97 Å². The minimum absolute atomic E-state index is 0.101. The van der Waals surface area contributed by atoms with Crippen molar-refractivity contribution in [1.29, 1.82) is 0 Å². The Labute approximate surface area is 138 Å². The standard InChI is InChI=1S/C15H18ClNO4S/c1-2-22-13-4-3-10(16)7-12(13)15(20)17-5-6-21-11(9-17)8-14(18)19/h3-4,7,11H,2,5-6,8-9H2,1H3,(H,18,19). The molecule has 120 valence electrons. The van der Waals surface area contributed by atoms with Gasteiger partial charge in [0.2, 0.25) is 0 Å². The Balaban J connectivity index is 2.16. The highest BCUT2D eigenvalue weighted by Crippen LogP contribution is 2.27. The van der Waals surface area contributed by atoms with Crippen LogP contribution >= 0.6 is 23.4 Å². The molecule has 1 aliphatic rings. The maximum absolute atomic E-state index is 12.7. The van der Waals surface area contributed by atoms with Gasteiger partial charge in [0.05, 0.1) is 24.7 Å². The molecule has 1 saturated heterocycles. The summed E-state index contributed by atoms with van der Waals surface area (Å²) >= 11 is 7.60. The molecule has 1 amide bonds. The molecule has 0 aliphatic carbocycles. The normalized spacial score (nSPS) is 18.3. The van der Waals surface area contributed by atoms with Crippen molar-refractivity contribution >= 4 is 35.2 Å². The molecular weight excluding hydrogens is 326 g/mol. The Morgan fingerprint density at radius 1 is 1.50 bits per heavy atom. The zero-order chi connectivity index (χ0) is 16.1. The number of carboxylic acid groups (broad SMARTS) is 1. The second kappa shape index (κ2) is 7.85. The Morgan fingerprint density at radius 3 is 2.95 bits per heavy atom. The highest BCUT2D eigenvalue weighted by atomic mass is 35.5. The van der Waals surface area contributed by atoms with Crippen molar-refractivity contribution in [3.8, 4) is 0 Å². The summed E-state index contributed by atoms with van der Waals surface area (Å²) in [7, 11) is 0. The van der Waals surface area contributed by atoms with Gasteiger partial charge in [0, 0.05) is 23.0 Å². The topological polar surface area (TPSA) is 66.8 Å². The first-order valence-electron chi connectivity index (χ1n) is 7.06. The number of carbonyl (C=O) groups excluding carboxylic acids is 1. The van der Waals surface area contributed by atoms with E-state index in [0.29, 0.717) is 23.7 Å². The number of aliphatic carboxylic acids is 1. The van der Waals surface area contributed by atoms with Gasteiger partial charge in [-0.2, -0.15) is 0 Å². The zero-order valence-electron chi connectivity index (χ0n) is 12.3. The molecule has 1 aliphatic heterocycles. The lowest BCUT2D eigenvalue weighted by Gasteiger charge is -2.32. The molecule has 2 rings (SSSR count). The number of amides is 1. The lowest BCUT2D eigenvalue weighted by molar-refractivity contribution is -0.141. The molecule has 7 heteroatoms. The van der Waals surface area contributed by atoms with Crippen molar-refractivity contribution in [3.05, 3.63) is 28.8 Å². The lowest BCUT2D eigenvalue weighted by Crippen LogP contribution is -2.46. The molecule has 0 aromatic heterocycles. The summed E-state index contributed by atoms with van der Waals surface area (Å²) in [6.45, 7) is 3.11. The van der Waals surface area contributed by atoms with Gasteiger partial charge in [-0.25, -0.2) is 0 Å². The number of benzene rings is 1. The van der Waals surface area contributed by atoms with Crippen molar-refractivity contribution in [2.24, 2.45) is 0 Å². The Hall–Kier alpha value is -1.24. The summed E-state index contributed by atoms with van der Waals surface area (Å²) < 4.78 is 5.40. The molecule has 5 nitrogen and oxygen atoms in total. The number of morpholine rings is 1. The molecule has 22 heavy (non-hydrogen) atoms. The van der Waals surface area contributed by atoms with E-state index < -0.39 is 12.1 Å². The lowest BCUT2D eigenvalue weighted by atomic mass is 10.1. The Kier molecular flexibility index (Phi) is 6.11. The summed E-state index contributed by atoms with van der Waals surface area (Å²) in [4.78, 5) is 26.1. The number of hydrogen-bond acceptors (Lipinski definition) is 4. The molecule has 0 saturated carbocycles. The van der Waals surface area contributed by atoms with Crippen LogP contribution in [0.3, 0.4) is 0 Å². The number of carboxylic acids is 1. The third kappa shape index (κ3) is 4.38. The van der Waals surface area contributed by atoms with Crippen LogP contribution in [0.5, 0.6) is 0 Å². The first kappa shape index (κ1) is 17.1. The predicted molar refractivity (Wildman–Crippen MR) is 85.7 cm³/mol. The van der Waals surface area contributed by atoms with Crippen molar-refractivity contribution in [2.45, 2.75) is 24.3 Å². The largest absolute Gasteiger partial charge is 0.481 e. The molecule has 1 N–H and O–H groups in total. The highest BCUT2D eigenvalue weighted by molar-refractivity contribution is 7.99. The summed E-state index contributed by atoms with van der Waals surface area (Å²) in [5.74, 6) is -0.200. The number of thioether (sulfide) groups is 1. The van der Waals surface area contributed by atoms with Crippen molar-refractivity contribution in [1.82, 2.24) is 4.90 Å². The minimum atomic E-state index is -0.927. The van der Waals surface area contributed by atoms with Crippen LogP contribution in [-0.4, -0.2) is 53.4 Å². The van der Waals surface area contributed by atoms with Gasteiger partial charge in [0.1, 0.15) is 0 Å². The number of hydrogen-bond donors (Lipinski definition) is 1. The number of ether oxygens (including phenoxy) is 1. The summed E-state index contributed by atoms with van der Waals surface area (Å²) in [6.07, 6.45) is -0.563. The van der Waals surface area contributed by atoms with Crippen LogP contribution in [0.2, 0.25) is 5.02 Å². The van der Waals surface area contributed by atoms with E-state index in [-0.39, 0.29) is 18.9 Å². The Morgan fingerprint density at radius 2 is 2.27 bits per heavy atom. The zero-order valence-corrected chi connectivity index (χ0v) is 13.8. The summed E-state index contributed by atoms with van der Waals surface area (Å²) in [5, 5.41) is 9.37.